The molecule has 0 aliphatic carbocycles. The smallest absolute Gasteiger partial charge is 0.251 e. The normalized spacial score (nSPS) is 13.9. The lowest BCUT2D eigenvalue weighted by Crippen LogP contribution is -2.50. The number of hydrogen-bond acceptors (Lipinski definition) is 5. The van der Waals surface area contributed by atoms with Gasteiger partial charge in [-0.2, -0.15) is 0 Å². The molecular formula is C16H23ClN4O4. The first-order chi connectivity index (χ1) is 11.6. The lowest BCUT2D eigenvalue weighted by molar-refractivity contribution is -0.130. The van der Waals surface area contributed by atoms with E-state index in [1.165, 1.54) is 5.01 Å². The van der Waals surface area contributed by atoms with Gasteiger partial charge in [0, 0.05) is 45.1 Å². The first-order valence-corrected chi connectivity index (χ1v) is 7.82. The standard InChI is InChI=1S/C16H22N4O4.ClH/c1-24-11-10-17-8-9-18-16(23)12-2-4-13(5-3-12)20-15(22)7-6-14(21)19-20;/h2-5,17H,6-11H2,1H3,(H,18,23)(H,19,21);1H. The fraction of sp³-hybridized carbons (Fsp3) is 0.438. The second kappa shape index (κ2) is 10.7. The van der Waals surface area contributed by atoms with E-state index in [1.54, 1.807) is 31.4 Å². The van der Waals surface area contributed by atoms with Gasteiger partial charge < -0.3 is 15.4 Å². The number of amides is 3. The van der Waals surface area contributed by atoms with Gasteiger partial charge in [-0.3, -0.25) is 19.8 Å². The van der Waals surface area contributed by atoms with Crippen LogP contribution in [0.3, 0.4) is 0 Å². The van der Waals surface area contributed by atoms with Crippen molar-refractivity contribution in [2.75, 3.05) is 38.4 Å². The van der Waals surface area contributed by atoms with Crippen molar-refractivity contribution >= 4 is 35.8 Å². The molecule has 0 atom stereocenters. The molecule has 0 saturated carbocycles. The van der Waals surface area contributed by atoms with Crippen LogP contribution in [0.4, 0.5) is 5.69 Å². The summed E-state index contributed by atoms with van der Waals surface area (Å²) < 4.78 is 4.91. The number of anilines is 1. The number of nitrogens with zero attached hydrogens (tertiary/aromatic N) is 1. The van der Waals surface area contributed by atoms with Gasteiger partial charge in [-0.25, -0.2) is 5.01 Å². The minimum atomic E-state index is -0.197. The monoisotopic (exact) mass is 370 g/mol. The first-order valence-electron chi connectivity index (χ1n) is 7.82. The number of methoxy groups -OCH3 is 1. The molecule has 1 aliphatic heterocycles. The van der Waals surface area contributed by atoms with Crippen LogP contribution < -0.4 is 21.1 Å². The molecule has 1 aromatic rings. The molecule has 1 saturated heterocycles. The molecule has 1 fully saturated rings. The SMILES string of the molecule is COCCNCCNC(=O)c1ccc(N2NC(=O)CCC2=O)cc1.Cl. The maximum atomic E-state index is 12.0. The Morgan fingerprint density at radius 1 is 1.16 bits per heavy atom. The van der Waals surface area contributed by atoms with Crippen molar-refractivity contribution in [1.29, 1.82) is 0 Å². The van der Waals surface area contributed by atoms with Crippen LogP contribution in [0, 0.1) is 0 Å². The summed E-state index contributed by atoms with van der Waals surface area (Å²) in [5.74, 6) is -0.560. The molecule has 0 aromatic heterocycles. The van der Waals surface area contributed by atoms with Crippen LogP contribution in [0.15, 0.2) is 24.3 Å². The Kier molecular flexibility index (Phi) is 8.90. The third-order valence-electron chi connectivity index (χ3n) is 3.51. The molecule has 0 bridgehead atoms. The summed E-state index contributed by atoms with van der Waals surface area (Å²) in [6.45, 7) is 2.52. The van der Waals surface area contributed by atoms with Crippen LogP contribution in [-0.4, -0.2) is 51.1 Å². The number of nitrogens with one attached hydrogen (secondary N) is 3. The summed E-state index contributed by atoms with van der Waals surface area (Å²) in [4.78, 5) is 35.2. The summed E-state index contributed by atoms with van der Waals surface area (Å²) in [5, 5.41) is 7.14. The van der Waals surface area contributed by atoms with E-state index in [1.807, 2.05) is 0 Å². The van der Waals surface area contributed by atoms with Crippen LogP contribution in [0.5, 0.6) is 0 Å². The topological polar surface area (TPSA) is 99.8 Å². The Balaban J connectivity index is 0.00000312. The second-order valence-corrected chi connectivity index (χ2v) is 5.31. The van der Waals surface area contributed by atoms with E-state index in [-0.39, 0.29) is 43.0 Å². The Morgan fingerprint density at radius 2 is 1.88 bits per heavy atom. The van der Waals surface area contributed by atoms with Crippen molar-refractivity contribution < 1.29 is 19.1 Å². The Labute approximate surface area is 152 Å². The van der Waals surface area contributed by atoms with Crippen molar-refractivity contribution in [3.8, 4) is 0 Å². The van der Waals surface area contributed by atoms with Crippen molar-refractivity contribution in [3.05, 3.63) is 29.8 Å². The molecule has 1 aliphatic rings. The predicted octanol–water partition coefficient (Wildman–Crippen LogP) is 0.232. The molecule has 1 heterocycles. The molecule has 138 valence electrons. The number of halogens is 1. The molecule has 1 aromatic carbocycles. The Bertz CT molecular complexity index is 594. The zero-order valence-corrected chi connectivity index (χ0v) is 14.9. The van der Waals surface area contributed by atoms with Crippen LogP contribution in [0.1, 0.15) is 23.2 Å². The zero-order valence-electron chi connectivity index (χ0n) is 14.0. The lowest BCUT2D eigenvalue weighted by atomic mass is 10.1. The van der Waals surface area contributed by atoms with Crippen LogP contribution in [0.25, 0.3) is 0 Å². The third kappa shape index (κ3) is 6.33. The number of benzene rings is 1. The highest BCUT2D eigenvalue weighted by Gasteiger charge is 2.24. The molecule has 8 nitrogen and oxygen atoms in total. The molecular weight excluding hydrogens is 348 g/mol. The summed E-state index contributed by atoms with van der Waals surface area (Å²) in [7, 11) is 1.63. The van der Waals surface area contributed by atoms with Gasteiger partial charge in [-0.1, -0.05) is 0 Å². The molecule has 0 spiro atoms. The lowest BCUT2D eigenvalue weighted by Gasteiger charge is -2.27. The summed E-state index contributed by atoms with van der Waals surface area (Å²) in [5.41, 5.74) is 3.54. The van der Waals surface area contributed by atoms with E-state index < -0.39 is 0 Å². The van der Waals surface area contributed by atoms with Crippen molar-refractivity contribution in [2.24, 2.45) is 0 Å². The van der Waals surface area contributed by atoms with E-state index >= 15 is 0 Å². The zero-order chi connectivity index (χ0) is 17.4. The van der Waals surface area contributed by atoms with Gasteiger partial charge in [-0.05, 0) is 24.3 Å². The maximum absolute atomic E-state index is 12.0. The highest BCUT2D eigenvalue weighted by Crippen LogP contribution is 2.17. The molecule has 3 amide bonds. The van der Waals surface area contributed by atoms with Crippen LogP contribution in [-0.2, 0) is 14.3 Å². The van der Waals surface area contributed by atoms with E-state index in [4.69, 9.17) is 4.74 Å². The van der Waals surface area contributed by atoms with Gasteiger partial charge in [0.1, 0.15) is 0 Å². The quantitative estimate of drug-likeness (QED) is 0.569. The minimum Gasteiger partial charge on any atom is -0.383 e. The molecule has 25 heavy (non-hydrogen) atoms. The van der Waals surface area contributed by atoms with Crippen molar-refractivity contribution in [3.63, 3.8) is 0 Å². The average molecular weight is 371 g/mol. The third-order valence-corrected chi connectivity index (χ3v) is 3.51. The number of carbonyl (C=O) groups excluding carboxylic acids is 3. The van der Waals surface area contributed by atoms with Gasteiger partial charge in [0.15, 0.2) is 0 Å². The van der Waals surface area contributed by atoms with Crippen LogP contribution in [0.2, 0.25) is 0 Å². The molecule has 3 N–H and O–H groups in total. The van der Waals surface area contributed by atoms with E-state index in [0.29, 0.717) is 30.9 Å². The van der Waals surface area contributed by atoms with Gasteiger partial charge >= 0.3 is 0 Å². The summed E-state index contributed by atoms with van der Waals surface area (Å²) in [6, 6.07) is 6.51. The minimum absolute atomic E-state index is 0. The number of carbonyl (C=O) groups is 3. The molecule has 2 rings (SSSR count). The van der Waals surface area contributed by atoms with E-state index in [0.717, 1.165) is 6.54 Å². The predicted molar refractivity (Wildman–Crippen MR) is 95.6 cm³/mol. The number of hydrazine groups is 1. The number of ether oxygens (including phenoxy) is 1. The highest BCUT2D eigenvalue weighted by molar-refractivity contribution is 6.01. The number of hydrogen-bond donors (Lipinski definition) is 3. The van der Waals surface area contributed by atoms with E-state index in [2.05, 4.69) is 16.1 Å². The Morgan fingerprint density at radius 3 is 2.56 bits per heavy atom. The average Bonchev–Trinajstić information content (AvgIpc) is 2.60. The largest absolute Gasteiger partial charge is 0.383 e. The highest BCUT2D eigenvalue weighted by atomic mass is 35.5. The van der Waals surface area contributed by atoms with Crippen molar-refractivity contribution in [1.82, 2.24) is 16.1 Å². The van der Waals surface area contributed by atoms with Gasteiger partial charge in [-0.15, -0.1) is 12.4 Å². The maximum Gasteiger partial charge on any atom is 0.251 e. The van der Waals surface area contributed by atoms with Gasteiger partial charge in [0.25, 0.3) is 5.91 Å². The molecule has 9 heteroatoms. The van der Waals surface area contributed by atoms with E-state index in [9.17, 15) is 14.4 Å². The van der Waals surface area contributed by atoms with Crippen molar-refractivity contribution in [2.45, 2.75) is 12.8 Å². The fourth-order valence-electron chi connectivity index (χ4n) is 2.21. The van der Waals surface area contributed by atoms with Gasteiger partial charge in [0.2, 0.25) is 11.8 Å². The molecule has 0 radical (unpaired) electrons. The first kappa shape index (κ1) is 20.9. The molecule has 0 unspecified atom stereocenters. The summed E-state index contributed by atoms with van der Waals surface area (Å²) in [6.07, 6.45) is 0.387. The Hall–Kier alpha value is -2.16. The van der Waals surface area contributed by atoms with Gasteiger partial charge in [0.05, 0.1) is 12.3 Å². The van der Waals surface area contributed by atoms with Crippen LogP contribution >= 0.6 is 12.4 Å². The fourth-order valence-corrected chi connectivity index (χ4v) is 2.21. The second-order valence-electron chi connectivity index (χ2n) is 5.31. The number of rotatable bonds is 8. The summed E-state index contributed by atoms with van der Waals surface area (Å²) >= 11 is 0.